The molecule has 0 aromatic heterocycles. The summed E-state index contributed by atoms with van der Waals surface area (Å²) in [7, 11) is 0. The summed E-state index contributed by atoms with van der Waals surface area (Å²) in [5.41, 5.74) is 8.03. The van der Waals surface area contributed by atoms with Crippen LogP contribution in [0.5, 0.6) is 0 Å². The van der Waals surface area contributed by atoms with Gasteiger partial charge in [0.2, 0.25) is 0 Å². The third kappa shape index (κ3) is 2.70. The van der Waals surface area contributed by atoms with Crippen LogP contribution in [0.25, 0.3) is 10.4 Å². The van der Waals surface area contributed by atoms with Crippen molar-refractivity contribution in [3.63, 3.8) is 0 Å². The first-order valence-electron chi connectivity index (χ1n) is 3.97. The molecule has 0 unspecified atom stereocenters. The van der Waals surface area contributed by atoms with Crippen molar-refractivity contribution in [3.05, 3.63) is 10.4 Å². The fourth-order valence-corrected chi connectivity index (χ4v) is 1.15. The van der Waals surface area contributed by atoms with Crippen molar-refractivity contribution in [2.45, 2.75) is 32.2 Å². The van der Waals surface area contributed by atoms with Crippen molar-refractivity contribution >= 4 is 0 Å². The lowest BCUT2D eigenvalue weighted by Gasteiger charge is -2.16. The molecule has 68 valence electrons. The van der Waals surface area contributed by atoms with Crippen molar-refractivity contribution < 1.29 is 9.47 Å². The summed E-state index contributed by atoms with van der Waals surface area (Å²) < 4.78 is 10.8. The van der Waals surface area contributed by atoms with Gasteiger partial charge in [-0.3, -0.25) is 0 Å². The second-order valence-electron chi connectivity index (χ2n) is 3.19. The Bertz CT molecular complexity index is 199. The van der Waals surface area contributed by atoms with Gasteiger partial charge in [0, 0.05) is 11.5 Å². The lowest BCUT2D eigenvalue weighted by molar-refractivity contribution is -0.138. The summed E-state index contributed by atoms with van der Waals surface area (Å²) in [6.45, 7) is 4.82. The summed E-state index contributed by atoms with van der Waals surface area (Å²) in [6.07, 6.45) is 0.804. The Hall–Kier alpha value is -0.770. The maximum atomic E-state index is 8.03. The van der Waals surface area contributed by atoms with Gasteiger partial charge >= 0.3 is 0 Å². The molecule has 1 atom stereocenters. The monoisotopic (exact) mass is 171 g/mol. The van der Waals surface area contributed by atoms with Crippen molar-refractivity contribution in [3.8, 4) is 0 Å². The normalized spacial score (nSPS) is 26.7. The highest BCUT2D eigenvalue weighted by atomic mass is 16.7. The predicted octanol–water partition coefficient (Wildman–Crippen LogP) is 1.84. The van der Waals surface area contributed by atoms with E-state index in [1.54, 1.807) is 0 Å². The molecule has 12 heavy (non-hydrogen) atoms. The highest BCUT2D eigenvalue weighted by molar-refractivity contribution is 4.71. The quantitative estimate of drug-likeness (QED) is 0.369. The molecular formula is C7H13N3O2. The summed E-state index contributed by atoms with van der Waals surface area (Å²) in [6, 6.07) is 0. The van der Waals surface area contributed by atoms with Crippen molar-refractivity contribution in [2.75, 3.05) is 13.2 Å². The SMILES string of the molecule is CC1(C)OC[C@H](CCN=[N+]=[N-])O1. The predicted molar refractivity (Wildman–Crippen MR) is 43.5 cm³/mol. The van der Waals surface area contributed by atoms with Crippen LogP contribution in [0, 0.1) is 0 Å². The standard InChI is InChI=1S/C7H13N3O2/c1-7(2)11-5-6(12-7)3-4-9-10-8/h6H,3-5H2,1-2H3/t6-/m0/s1. The zero-order valence-electron chi connectivity index (χ0n) is 7.36. The topological polar surface area (TPSA) is 67.2 Å². The molecule has 0 aromatic rings. The van der Waals surface area contributed by atoms with Gasteiger partial charge in [0.1, 0.15) is 0 Å². The van der Waals surface area contributed by atoms with Crippen LogP contribution < -0.4 is 0 Å². The molecule has 5 nitrogen and oxygen atoms in total. The van der Waals surface area contributed by atoms with E-state index in [0.717, 1.165) is 6.42 Å². The van der Waals surface area contributed by atoms with Crippen LogP contribution in [0.3, 0.4) is 0 Å². The minimum absolute atomic E-state index is 0.0745. The maximum Gasteiger partial charge on any atom is 0.163 e. The van der Waals surface area contributed by atoms with E-state index in [2.05, 4.69) is 10.0 Å². The van der Waals surface area contributed by atoms with Gasteiger partial charge in [0.05, 0.1) is 12.7 Å². The zero-order valence-corrected chi connectivity index (χ0v) is 7.36. The van der Waals surface area contributed by atoms with E-state index in [0.29, 0.717) is 13.2 Å². The first-order valence-corrected chi connectivity index (χ1v) is 3.97. The van der Waals surface area contributed by atoms with Gasteiger partial charge in [0.25, 0.3) is 0 Å². The van der Waals surface area contributed by atoms with Crippen LogP contribution in [-0.2, 0) is 9.47 Å². The fraction of sp³-hybridized carbons (Fsp3) is 1.00. The molecular weight excluding hydrogens is 158 g/mol. The van der Waals surface area contributed by atoms with Crippen LogP contribution in [0.1, 0.15) is 20.3 Å². The van der Waals surface area contributed by atoms with Crippen molar-refractivity contribution in [1.82, 2.24) is 0 Å². The third-order valence-corrected chi connectivity index (χ3v) is 1.68. The molecule has 0 N–H and O–H groups in total. The largest absolute Gasteiger partial charge is 0.348 e. The molecule has 1 aliphatic rings. The maximum absolute atomic E-state index is 8.03. The molecule has 1 saturated heterocycles. The Morgan fingerprint density at radius 3 is 2.92 bits per heavy atom. The van der Waals surface area contributed by atoms with E-state index < -0.39 is 5.79 Å². The van der Waals surface area contributed by atoms with Crippen LogP contribution in [0.15, 0.2) is 5.11 Å². The van der Waals surface area contributed by atoms with E-state index in [9.17, 15) is 0 Å². The number of azide groups is 1. The molecule has 1 heterocycles. The van der Waals surface area contributed by atoms with E-state index >= 15 is 0 Å². The van der Waals surface area contributed by atoms with Gasteiger partial charge < -0.3 is 9.47 Å². The molecule has 0 spiro atoms. The van der Waals surface area contributed by atoms with Crippen molar-refractivity contribution in [1.29, 1.82) is 0 Å². The Labute approximate surface area is 71.3 Å². The highest BCUT2D eigenvalue weighted by Gasteiger charge is 2.31. The molecule has 5 heteroatoms. The van der Waals surface area contributed by atoms with Crippen LogP contribution in [0.2, 0.25) is 0 Å². The molecule has 0 radical (unpaired) electrons. The van der Waals surface area contributed by atoms with Crippen LogP contribution >= 0.6 is 0 Å². The summed E-state index contributed by atoms with van der Waals surface area (Å²) in [4.78, 5) is 2.66. The van der Waals surface area contributed by atoms with Gasteiger partial charge in [-0.2, -0.15) is 0 Å². The Morgan fingerprint density at radius 1 is 1.67 bits per heavy atom. The zero-order chi connectivity index (χ0) is 9.03. The van der Waals surface area contributed by atoms with Crippen LogP contribution in [0.4, 0.5) is 0 Å². The summed E-state index contributed by atoms with van der Waals surface area (Å²) >= 11 is 0. The van der Waals surface area contributed by atoms with E-state index in [4.69, 9.17) is 15.0 Å². The Kier molecular flexibility index (Phi) is 2.92. The fourth-order valence-electron chi connectivity index (χ4n) is 1.15. The van der Waals surface area contributed by atoms with E-state index in [1.807, 2.05) is 13.8 Å². The van der Waals surface area contributed by atoms with Gasteiger partial charge in [-0.1, -0.05) is 5.11 Å². The molecule has 0 bridgehead atoms. The number of nitrogens with zero attached hydrogens (tertiary/aromatic N) is 3. The number of hydrogen-bond donors (Lipinski definition) is 0. The van der Waals surface area contributed by atoms with Gasteiger partial charge in [0.15, 0.2) is 5.79 Å². The number of ether oxygens (including phenoxy) is 2. The number of hydrogen-bond acceptors (Lipinski definition) is 3. The Morgan fingerprint density at radius 2 is 2.42 bits per heavy atom. The summed E-state index contributed by atoms with van der Waals surface area (Å²) in [5.74, 6) is -0.471. The molecule has 1 fully saturated rings. The molecule has 0 aromatic carbocycles. The second-order valence-corrected chi connectivity index (χ2v) is 3.19. The highest BCUT2D eigenvalue weighted by Crippen LogP contribution is 2.23. The Balaban J connectivity index is 2.24. The van der Waals surface area contributed by atoms with E-state index in [1.165, 1.54) is 0 Å². The first-order chi connectivity index (χ1) is 5.64. The molecule has 0 aliphatic carbocycles. The van der Waals surface area contributed by atoms with E-state index in [-0.39, 0.29) is 6.10 Å². The smallest absolute Gasteiger partial charge is 0.163 e. The average Bonchev–Trinajstić information content (AvgIpc) is 2.31. The lowest BCUT2D eigenvalue weighted by Crippen LogP contribution is -2.21. The second kappa shape index (κ2) is 3.76. The van der Waals surface area contributed by atoms with Gasteiger partial charge in [-0.05, 0) is 25.8 Å². The number of rotatable bonds is 3. The molecule has 1 aliphatic heterocycles. The third-order valence-electron chi connectivity index (χ3n) is 1.68. The first kappa shape index (κ1) is 9.32. The molecule has 1 rings (SSSR count). The lowest BCUT2D eigenvalue weighted by atomic mass is 10.3. The minimum atomic E-state index is -0.471. The molecule has 0 amide bonds. The van der Waals surface area contributed by atoms with Crippen LogP contribution in [-0.4, -0.2) is 25.0 Å². The minimum Gasteiger partial charge on any atom is -0.348 e. The summed E-state index contributed by atoms with van der Waals surface area (Å²) in [5, 5.41) is 3.43. The van der Waals surface area contributed by atoms with Gasteiger partial charge in [-0.15, -0.1) is 0 Å². The average molecular weight is 171 g/mol. The van der Waals surface area contributed by atoms with Crippen molar-refractivity contribution in [2.24, 2.45) is 5.11 Å². The molecule has 0 saturated carbocycles. The van der Waals surface area contributed by atoms with Gasteiger partial charge in [-0.25, -0.2) is 0 Å².